The Kier molecular flexibility index (Phi) is 4.38. The first-order valence-corrected chi connectivity index (χ1v) is 5.11. The Hall–Kier alpha value is -0.580. The van der Waals surface area contributed by atoms with Crippen molar-refractivity contribution in [3.05, 3.63) is 28.2 Å². The van der Waals surface area contributed by atoms with E-state index in [2.05, 4.69) is 15.9 Å². The van der Waals surface area contributed by atoms with Gasteiger partial charge >= 0.3 is 0 Å². The predicted molar refractivity (Wildman–Crippen MR) is 59.2 cm³/mol. The fraction of sp³-hybridized carbons (Fsp3) is 0.400. The first-order valence-electron chi connectivity index (χ1n) is 4.32. The summed E-state index contributed by atoms with van der Waals surface area (Å²) in [6, 6.07) is 5.73. The van der Waals surface area contributed by atoms with Gasteiger partial charge in [0, 0.05) is 23.2 Å². The highest BCUT2D eigenvalue weighted by atomic mass is 79.9. The van der Waals surface area contributed by atoms with Crippen LogP contribution < -0.4 is 10.5 Å². The van der Waals surface area contributed by atoms with E-state index in [0.29, 0.717) is 0 Å². The molecule has 1 aromatic carbocycles. The monoisotopic (exact) mass is 259 g/mol. The Balaban J connectivity index is 2.91. The van der Waals surface area contributed by atoms with Gasteiger partial charge < -0.3 is 15.2 Å². The highest BCUT2D eigenvalue weighted by Gasteiger charge is 2.08. The van der Waals surface area contributed by atoms with Gasteiger partial charge in [-0.3, -0.25) is 0 Å². The van der Waals surface area contributed by atoms with Gasteiger partial charge in [0.2, 0.25) is 0 Å². The third-order valence-corrected chi connectivity index (χ3v) is 2.29. The van der Waals surface area contributed by atoms with Gasteiger partial charge in [0.1, 0.15) is 5.75 Å². The summed E-state index contributed by atoms with van der Waals surface area (Å²) in [4.78, 5) is 0. The molecule has 1 aromatic rings. The third kappa shape index (κ3) is 2.97. The van der Waals surface area contributed by atoms with Crippen molar-refractivity contribution in [3.63, 3.8) is 0 Å². The molecule has 0 amide bonds. The van der Waals surface area contributed by atoms with Crippen LogP contribution in [0.3, 0.4) is 0 Å². The van der Waals surface area contributed by atoms with Gasteiger partial charge in [0.15, 0.2) is 6.79 Å². The van der Waals surface area contributed by atoms with Crippen LogP contribution in [-0.4, -0.2) is 13.9 Å². The number of hydrogen-bond acceptors (Lipinski definition) is 3. The minimum atomic E-state index is -0.0463. The molecular formula is C10H14BrNO2. The molecule has 0 heterocycles. The summed E-state index contributed by atoms with van der Waals surface area (Å²) >= 11 is 3.38. The van der Waals surface area contributed by atoms with Crippen LogP contribution in [0.2, 0.25) is 0 Å². The topological polar surface area (TPSA) is 44.5 Å². The molecule has 0 saturated heterocycles. The Morgan fingerprint density at radius 2 is 2.21 bits per heavy atom. The van der Waals surface area contributed by atoms with Crippen LogP contribution >= 0.6 is 15.9 Å². The van der Waals surface area contributed by atoms with E-state index in [1.807, 2.05) is 25.1 Å². The summed E-state index contributed by atoms with van der Waals surface area (Å²) in [6.07, 6.45) is 0. The maximum absolute atomic E-state index is 5.80. The van der Waals surface area contributed by atoms with Crippen molar-refractivity contribution in [2.75, 3.05) is 13.9 Å². The minimum absolute atomic E-state index is 0.0463. The quantitative estimate of drug-likeness (QED) is 0.846. The lowest BCUT2D eigenvalue weighted by Crippen LogP contribution is -2.09. The largest absolute Gasteiger partial charge is 0.467 e. The van der Waals surface area contributed by atoms with Crippen LogP contribution in [0.1, 0.15) is 18.5 Å². The molecule has 4 heteroatoms. The highest BCUT2D eigenvalue weighted by Crippen LogP contribution is 2.27. The summed E-state index contributed by atoms with van der Waals surface area (Å²) in [5, 5.41) is 0. The van der Waals surface area contributed by atoms with Gasteiger partial charge in [-0.2, -0.15) is 0 Å². The molecule has 78 valence electrons. The zero-order chi connectivity index (χ0) is 10.6. The summed E-state index contributed by atoms with van der Waals surface area (Å²) in [5.74, 6) is 0.760. The molecular weight excluding hydrogens is 246 g/mol. The molecule has 0 radical (unpaired) electrons. The van der Waals surface area contributed by atoms with Crippen LogP contribution in [0.4, 0.5) is 0 Å². The molecule has 0 saturated carbocycles. The second-order valence-electron chi connectivity index (χ2n) is 3.02. The van der Waals surface area contributed by atoms with Crippen LogP contribution in [0.25, 0.3) is 0 Å². The van der Waals surface area contributed by atoms with Gasteiger partial charge in [0.05, 0.1) is 0 Å². The van der Waals surface area contributed by atoms with Crippen molar-refractivity contribution < 1.29 is 9.47 Å². The zero-order valence-electron chi connectivity index (χ0n) is 8.29. The van der Waals surface area contributed by atoms with Gasteiger partial charge in [-0.15, -0.1) is 0 Å². The van der Waals surface area contributed by atoms with Crippen LogP contribution in [0, 0.1) is 0 Å². The summed E-state index contributed by atoms with van der Waals surface area (Å²) in [5.41, 5.74) is 6.78. The average Bonchev–Trinajstić information content (AvgIpc) is 2.14. The minimum Gasteiger partial charge on any atom is -0.467 e. The lowest BCUT2D eigenvalue weighted by molar-refractivity contribution is 0.0502. The molecule has 0 aliphatic carbocycles. The standard InChI is InChI=1S/C10H14BrNO2/c1-7(12)9-4-3-8(11)5-10(9)14-6-13-2/h3-5,7H,6,12H2,1-2H3/t7-/m0/s1. The molecule has 0 aromatic heterocycles. The van der Waals surface area contributed by atoms with Crippen LogP contribution in [0.15, 0.2) is 22.7 Å². The molecule has 0 spiro atoms. The number of nitrogens with two attached hydrogens (primary N) is 1. The molecule has 3 nitrogen and oxygen atoms in total. The molecule has 2 N–H and O–H groups in total. The van der Waals surface area contributed by atoms with E-state index < -0.39 is 0 Å². The molecule has 0 unspecified atom stereocenters. The second-order valence-corrected chi connectivity index (χ2v) is 3.94. The first-order chi connectivity index (χ1) is 6.65. The van der Waals surface area contributed by atoms with E-state index in [0.717, 1.165) is 15.8 Å². The summed E-state index contributed by atoms with van der Waals surface area (Å²) in [6.45, 7) is 2.15. The van der Waals surface area contributed by atoms with Crippen molar-refractivity contribution in [1.29, 1.82) is 0 Å². The Morgan fingerprint density at radius 1 is 1.50 bits per heavy atom. The van der Waals surface area contributed by atoms with Gasteiger partial charge in [-0.1, -0.05) is 22.0 Å². The van der Waals surface area contributed by atoms with E-state index in [1.54, 1.807) is 7.11 Å². The fourth-order valence-corrected chi connectivity index (χ4v) is 1.47. The van der Waals surface area contributed by atoms with Crippen molar-refractivity contribution in [3.8, 4) is 5.75 Å². The first kappa shape index (κ1) is 11.5. The lowest BCUT2D eigenvalue weighted by atomic mass is 10.1. The smallest absolute Gasteiger partial charge is 0.188 e. The number of ether oxygens (including phenoxy) is 2. The van der Waals surface area contributed by atoms with Gasteiger partial charge in [-0.05, 0) is 19.1 Å². The average molecular weight is 260 g/mol. The van der Waals surface area contributed by atoms with E-state index in [-0.39, 0.29) is 12.8 Å². The number of halogens is 1. The van der Waals surface area contributed by atoms with E-state index in [9.17, 15) is 0 Å². The van der Waals surface area contributed by atoms with Crippen molar-refractivity contribution in [2.45, 2.75) is 13.0 Å². The summed E-state index contributed by atoms with van der Waals surface area (Å²) < 4.78 is 11.2. The fourth-order valence-electron chi connectivity index (χ4n) is 1.13. The Labute approximate surface area is 92.3 Å². The summed E-state index contributed by atoms with van der Waals surface area (Å²) in [7, 11) is 1.59. The van der Waals surface area contributed by atoms with Crippen molar-refractivity contribution >= 4 is 15.9 Å². The maximum Gasteiger partial charge on any atom is 0.188 e. The Morgan fingerprint density at radius 3 is 2.79 bits per heavy atom. The molecule has 1 atom stereocenters. The van der Waals surface area contributed by atoms with E-state index in [4.69, 9.17) is 15.2 Å². The number of methoxy groups -OCH3 is 1. The number of benzene rings is 1. The van der Waals surface area contributed by atoms with Crippen LogP contribution in [0.5, 0.6) is 5.75 Å². The Bertz CT molecular complexity index is 302. The number of hydrogen-bond donors (Lipinski definition) is 1. The maximum atomic E-state index is 5.80. The molecule has 0 aliphatic heterocycles. The normalized spacial score (nSPS) is 12.6. The predicted octanol–water partition coefficient (Wildman–Crippen LogP) is 2.45. The lowest BCUT2D eigenvalue weighted by Gasteiger charge is -2.13. The highest BCUT2D eigenvalue weighted by molar-refractivity contribution is 9.10. The number of rotatable bonds is 4. The third-order valence-electron chi connectivity index (χ3n) is 1.80. The second kappa shape index (κ2) is 5.34. The van der Waals surface area contributed by atoms with Gasteiger partial charge in [0.25, 0.3) is 0 Å². The van der Waals surface area contributed by atoms with E-state index in [1.165, 1.54) is 0 Å². The molecule has 14 heavy (non-hydrogen) atoms. The molecule has 1 rings (SSSR count). The molecule has 0 fully saturated rings. The molecule has 0 aliphatic rings. The van der Waals surface area contributed by atoms with Crippen LogP contribution in [-0.2, 0) is 4.74 Å². The SMILES string of the molecule is COCOc1cc(Br)ccc1[C@H](C)N. The van der Waals surface area contributed by atoms with Gasteiger partial charge in [-0.25, -0.2) is 0 Å². The van der Waals surface area contributed by atoms with Crippen molar-refractivity contribution in [1.82, 2.24) is 0 Å². The van der Waals surface area contributed by atoms with Crippen molar-refractivity contribution in [2.24, 2.45) is 5.73 Å². The zero-order valence-corrected chi connectivity index (χ0v) is 9.87. The molecule has 0 bridgehead atoms. The van der Waals surface area contributed by atoms with E-state index >= 15 is 0 Å².